The predicted octanol–water partition coefficient (Wildman–Crippen LogP) is -0.324. The van der Waals surface area contributed by atoms with Crippen molar-refractivity contribution in [1.82, 2.24) is 30.8 Å². The Morgan fingerprint density at radius 2 is 1.64 bits per heavy atom. The van der Waals surface area contributed by atoms with Crippen LogP contribution in [0.3, 0.4) is 0 Å². The number of aromatic nitrogens is 6. The molecule has 56 valence electrons. The summed E-state index contributed by atoms with van der Waals surface area (Å²) < 4.78 is 0. The van der Waals surface area contributed by atoms with Gasteiger partial charge in [-0.2, -0.15) is 10.2 Å². The first-order chi connectivity index (χ1) is 5.50. The van der Waals surface area contributed by atoms with E-state index in [0.717, 1.165) is 0 Å². The maximum atomic E-state index is 3.53. The molecule has 0 amide bonds. The third-order valence-corrected chi connectivity index (χ3v) is 0.753. The Hall–Kier alpha value is -1.85. The van der Waals surface area contributed by atoms with E-state index in [1.54, 1.807) is 12.4 Å². The second-order valence-corrected chi connectivity index (χ2v) is 1.48. The van der Waals surface area contributed by atoms with Crippen LogP contribution in [0.2, 0.25) is 0 Å². The molecule has 2 heterocycles. The predicted molar refractivity (Wildman–Crippen MR) is 36.2 cm³/mol. The summed E-state index contributed by atoms with van der Waals surface area (Å²) in [5.41, 5.74) is 0. The van der Waals surface area contributed by atoms with Gasteiger partial charge in [-0.3, -0.25) is 0 Å². The topological polar surface area (TPSA) is 80.2 Å². The summed E-state index contributed by atoms with van der Waals surface area (Å²) in [5.74, 6) is 0. The van der Waals surface area contributed by atoms with Crippen LogP contribution in [-0.4, -0.2) is 30.8 Å². The molecule has 0 atom stereocenters. The second kappa shape index (κ2) is 4.98. The maximum absolute atomic E-state index is 3.53. The molecule has 2 aromatic rings. The van der Waals surface area contributed by atoms with E-state index in [4.69, 9.17) is 0 Å². The van der Waals surface area contributed by atoms with Crippen molar-refractivity contribution < 1.29 is 0 Å². The first kappa shape index (κ1) is 7.26. The third-order valence-electron chi connectivity index (χ3n) is 0.753. The van der Waals surface area contributed by atoms with E-state index in [9.17, 15) is 0 Å². The van der Waals surface area contributed by atoms with Crippen LogP contribution in [-0.2, 0) is 0 Å². The number of nitrogens with zero attached hydrogens (tertiary/aromatic N) is 5. The monoisotopic (exact) mass is 150 g/mol. The zero-order valence-electron chi connectivity index (χ0n) is 5.62. The highest BCUT2D eigenvalue weighted by Crippen LogP contribution is 1.68. The van der Waals surface area contributed by atoms with Crippen molar-refractivity contribution in [3.63, 3.8) is 0 Å². The van der Waals surface area contributed by atoms with E-state index in [1.807, 2.05) is 12.1 Å². The molecule has 1 N–H and O–H groups in total. The van der Waals surface area contributed by atoms with Gasteiger partial charge in [0.1, 0.15) is 6.33 Å². The summed E-state index contributed by atoms with van der Waals surface area (Å²) in [6, 6.07) is 3.65. The van der Waals surface area contributed by atoms with E-state index in [2.05, 4.69) is 30.8 Å². The van der Waals surface area contributed by atoms with E-state index in [0.29, 0.717) is 0 Å². The SMILES string of the molecule is c1ccnnc1.c1nnn[nH]1. The average molecular weight is 150 g/mol. The molecule has 6 heteroatoms. The van der Waals surface area contributed by atoms with Gasteiger partial charge >= 0.3 is 0 Å². The minimum Gasteiger partial charge on any atom is -0.246 e. The highest BCUT2D eigenvalue weighted by molar-refractivity contribution is 4.79. The van der Waals surface area contributed by atoms with Crippen molar-refractivity contribution in [3.8, 4) is 0 Å². The van der Waals surface area contributed by atoms with Crippen molar-refractivity contribution in [2.75, 3.05) is 0 Å². The highest BCUT2D eigenvalue weighted by atomic mass is 15.5. The fourth-order valence-corrected chi connectivity index (χ4v) is 0.382. The molecule has 0 saturated heterocycles. The van der Waals surface area contributed by atoms with Crippen molar-refractivity contribution in [2.24, 2.45) is 0 Å². The molecular formula is C5H6N6. The Bertz CT molecular complexity index is 197. The van der Waals surface area contributed by atoms with Gasteiger partial charge in [0.15, 0.2) is 0 Å². The van der Waals surface area contributed by atoms with Gasteiger partial charge in [-0.25, -0.2) is 5.10 Å². The van der Waals surface area contributed by atoms with Crippen LogP contribution in [0.25, 0.3) is 0 Å². The fourth-order valence-electron chi connectivity index (χ4n) is 0.382. The van der Waals surface area contributed by atoms with Gasteiger partial charge in [-0.1, -0.05) is 0 Å². The molecule has 2 aromatic heterocycles. The minimum atomic E-state index is 1.40. The third kappa shape index (κ3) is 3.68. The minimum absolute atomic E-state index is 1.40. The number of rotatable bonds is 0. The van der Waals surface area contributed by atoms with E-state index in [-0.39, 0.29) is 0 Å². The van der Waals surface area contributed by atoms with Crippen molar-refractivity contribution in [3.05, 3.63) is 30.9 Å². The molecular weight excluding hydrogens is 144 g/mol. The van der Waals surface area contributed by atoms with Crippen LogP contribution in [0.5, 0.6) is 0 Å². The molecule has 0 saturated carbocycles. The Morgan fingerprint density at radius 3 is 1.82 bits per heavy atom. The highest BCUT2D eigenvalue weighted by Gasteiger charge is 1.59. The van der Waals surface area contributed by atoms with Gasteiger partial charge in [-0.15, -0.1) is 5.10 Å². The number of hydrogen-bond donors (Lipinski definition) is 1. The maximum Gasteiger partial charge on any atom is 0.135 e. The number of aromatic amines is 1. The molecule has 2 rings (SSSR count). The van der Waals surface area contributed by atoms with Crippen LogP contribution < -0.4 is 0 Å². The number of hydrogen-bond acceptors (Lipinski definition) is 5. The van der Waals surface area contributed by atoms with Gasteiger partial charge in [0.25, 0.3) is 0 Å². The summed E-state index contributed by atoms with van der Waals surface area (Å²) in [6.07, 6.45) is 4.68. The Balaban J connectivity index is 0.000000112. The van der Waals surface area contributed by atoms with Crippen LogP contribution in [0.1, 0.15) is 0 Å². The van der Waals surface area contributed by atoms with Crippen molar-refractivity contribution in [1.29, 1.82) is 0 Å². The van der Waals surface area contributed by atoms with Gasteiger partial charge < -0.3 is 0 Å². The Labute approximate surface area is 62.7 Å². The van der Waals surface area contributed by atoms with E-state index >= 15 is 0 Å². The van der Waals surface area contributed by atoms with Gasteiger partial charge in [0.05, 0.1) is 0 Å². The lowest BCUT2D eigenvalue weighted by molar-refractivity contribution is 0.881. The van der Waals surface area contributed by atoms with Crippen molar-refractivity contribution in [2.45, 2.75) is 0 Å². The lowest BCUT2D eigenvalue weighted by Crippen LogP contribution is -1.69. The number of nitrogens with one attached hydrogen (secondary N) is 1. The lowest BCUT2D eigenvalue weighted by atomic mass is 10.6. The van der Waals surface area contributed by atoms with Crippen LogP contribution in [0, 0.1) is 0 Å². The summed E-state index contributed by atoms with van der Waals surface area (Å²) >= 11 is 0. The molecule has 0 bridgehead atoms. The first-order valence-corrected chi connectivity index (χ1v) is 2.89. The molecule has 0 aliphatic carbocycles. The molecule has 0 radical (unpaired) electrons. The molecule has 0 aliphatic heterocycles. The normalized spacial score (nSPS) is 8.00. The molecule has 0 aliphatic rings. The largest absolute Gasteiger partial charge is 0.246 e. The van der Waals surface area contributed by atoms with Gasteiger partial charge in [0, 0.05) is 12.4 Å². The molecule has 0 aromatic carbocycles. The zero-order chi connectivity index (χ0) is 7.78. The fraction of sp³-hybridized carbons (Fsp3) is 0. The smallest absolute Gasteiger partial charge is 0.135 e. The molecule has 11 heavy (non-hydrogen) atoms. The summed E-state index contributed by atoms with van der Waals surface area (Å²) in [5, 5.41) is 19.2. The summed E-state index contributed by atoms with van der Waals surface area (Å²) in [6.45, 7) is 0. The number of tetrazole rings is 1. The second-order valence-electron chi connectivity index (χ2n) is 1.48. The number of H-pyrrole nitrogens is 1. The van der Waals surface area contributed by atoms with E-state index in [1.165, 1.54) is 6.33 Å². The van der Waals surface area contributed by atoms with Crippen LogP contribution >= 0.6 is 0 Å². The van der Waals surface area contributed by atoms with Crippen molar-refractivity contribution >= 4 is 0 Å². The standard InChI is InChI=1S/C4H4N2.CH2N4/c1-2-4-6-5-3-1;1-2-4-5-3-1/h1-4H;1H,(H,2,3,4,5). The molecule has 0 fully saturated rings. The first-order valence-electron chi connectivity index (χ1n) is 2.89. The van der Waals surface area contributed by atoms with E-state index < -0.39 is 0 Å². The molecule has 0 spiro atoms. The summed E-state index contributed by atoms with van der Waals surface area (Å²) in [7, 11) is 0. The quantitative estimate of drug-likeness (QED) is 0.556. The Morgan fingerprint density at radius 1 is 0.909 bits per heavy atom. The zero-order valence-corrected chi connectivity index (χ0v) is 5.62. The summed E-state index contributed by atoms with van der Waals surface area (Å²) in [4.78, 5) is 0. The van der Waals surface area contributed by atoms with Crippen LogP contribution in [0.15, 0.2) is 30.9 Å². The Kier molecular flexibility index (Phi) is 3.28. The van der Waals surface area contributed by atoms with Crippen LogP contribution in [0.4, 0.5) is 0 Å². The molecule has 6 nitrogen and oxygen atoms in total. The molecule has 0 unspecified atom stereocenters. The van der Waals surface area contributed by atoms with Gasteiger partial charge in [-0.05, 0) is 22.6 Å². The average Bonchev–Trinajstić information content (AvgIpc) is 2.64. The lowest BCUT2D eigenvalue weighted by Gasteiger charge is -1.69. The van der Waals surface area contributed by atoms with Gasteiger partial charge in [0.2, 0.25) is 0 Å².